The van der Waals surface area contributed by atoms with Crippen LogP contribution >= 0.6 is 0 Å². The number of aliphatic carboxylic acids is 1. The number of β-amino-alcohol motifs (C(OH)–C–C–N with tert-alkyl or cyclic N) is 1. The number of aliphatic hydroxyl groups is 1. The minimum Gasteiger partial charge on any atom is -0.480 e. The van der Waals surface area contributed by atoms with Crippen molar-refractivity contribution in [1.82, 2.24) is 14.8 Å². The smallest absolute Gasteiger partial charge is 0.317 e. The Morgan fingerprint density at radius 2 is 2.12 bits per heavy atom. The number of hydrogen-bond donors (Lipinski definition) is 2. The summed E-state index contributed by atoms with van der Waals surface area (Å²) in [5.41, 5.74) is 0.994. The Morgan fingerprint density at radius 1 is 1.36 bits per heavy atom. The van der Waals surface area contributed by atoms with Crippen molar-refractivity contribution in [2.24, 2.45) is 0 Å². The van der Waals surface area contributed by atoms with Gasteiger partial charge in [0.1, 0.15) is 0 Å². The molecule has 1 unspecified atom stereocenters. The molecule has 2 atom stereocenters. The van der Waals surface area contributed by atoms with Crippen LogP contribution in [-0.4, -0.2) is 76.3 Å². The van der Waals surface area contributed by atoms with Gasteiger partial charge in [-0.05, 0) is 7.05 Å². The molecule has 0 radical (unpaired) electrons. The molecule has 3 rings (SSSR count). The number of benzene rings is 1. The number of rotatable bonds is 7. The summed E-state index contributed by atoms with van der Waals surface area (Å²) < 4.78 is 5.79. The van der Waals surface area contributed by atoms with Crippen LogP contribution in [0.1, 0.15) is 5.89 Å². The summed E-state index contributed by atoms with van der Waals surface area (Å²) in [5.74, 6) is 0.521. The summed E-state index contributed by atoms with van der Waals surface area (Å²) in [5, 5.41) is 19.1. The van der Waals surface area contributed by atoms with Crippen LogP contribution in [0.3, 0.4) is 0 Å². The van der Waals surface area contributed by atoms with Gasteiger partial charge in [0.2, 0.25) is 0 Å². The Labute approximate surface area is 146 Å². The largest absolute Gasteiger partial charge is 0.480 e. The number of carboxylic acid groups (broad SMARTS) is 1. The number of aliphatic hydroxyl groups excluding tert-OH is 1. The van der Waals surface area contributed by atoms with Crippen molar-refractivity contribution >= 4 is 5.97 Å². The maximum atomic E-state index is 10.8. The second kappa shape index (κ2) is 7.77. The van der Waals surface area contributed by atoms with Gasteiger partial charge in [-0.3, -0.25) is 14.6 Å². The molecular formula is C18H23N3O4. The first-order valence-electron chi connectivity index (χ1n) is 8.35. The highest BCUT2D eigenvalue weighted by atomic mass is 16.4. The molecule has 2 aromatic rings. The molecule has 0 amide bonds. The monoisotopic (exact) mass is 345 g/mol. The minimum atomic E-state index is -0.888. The zero-order chi connectivity index (χ0) is 17.8. The Bertz CT molecular complexity index is 703. The number of hydrogen-bond acceptors (Lipinski definition) is 6. The molecule has 1 aromatic carbocycles. The lowest BCUT2D eigenvalue weighted by Crippen LogP contribution is -2.43. The lowest BCUT2D eigenvalue weighted by Gasteiger charge is -2.24. The van der Waals surface area contributed by atoms with E-state index in [0.29, 0.717) is 31.9 Å². The zero-order valence-corrected chi connectivity index (χ0v) is 14.2. The van der Waals surface area contributed by atoms with Crippen LogP contribution in [0.25, 0.3) is 11.3 Å². The molecule has 0 spiro atoms. The third kappa shape index (κ3) is 4.45. The van der Waals surface area contributed by atoms with Crippen LogP contribution in [-0.2, 0) is 11.2 Å². The van der Waals surface area contributed by atoms with Crippen LogP contribution in [0.2, 0.25) is 0 Å². The fourth-order valence-electron chi connectivity index (χ4n) is 3.21. The maximum Gasteiger partial charge on any atom is 0.317 e. The van der Waals surface area contributed by atoms with Crippen molar-refractivity contribution in [1.29, 1.82) is 0 Å². The van der Waals surface area contributed by atoms with Gasteiger partial charge in [-0.2, -0.15) is 0 Å². The van der Waals surface area contributed by atoms with Gasteiger partial charge in [0.15, 0.2) is 11.7 Å². The third-order valence-corrected chi connectivity index (χ3v) is 4.54. The first-order chi connectivity index (χ1) is 12.0. The lowest BCUT2D eigenvalue weighted by molar-refractivity contribution is -0.138. The van der Waals surface area contributed by atoms with Crippen molar-refractivity contribution in [3.8, 4) is 11.3 Å². The van der Waals surface area contributed by atoms with Crippen LogP contribution in [0.5, 0.6) is 0 Å². The molecule has 7 heteroatoms. The van der Waals surface area contributed by atoms with Gasteiger partial charge in [0, 0.05) is 37.7 Å². The van der Waals surface area contributed by atoms with Crippen molar-refractivity contribution < 1.29 is 19.4 Å². The summed E-state index contributed by atoms with van der Waals surface area (Å²) in [6, 6.07) is 9.65. The summed E-state index contributed by atoms with van der Waals surface area (Å²) in [6.07, 6.45) is 1.83. The van der Waals surface area contributed by atoms with E-state index in [2.05, 4.69) is 9.88 Å². The topological polar surface area (TPSA) is 90.0 Å². The van der Waals surface area contributed by atoms with E-state index in [-0.39, 0.29) is 12.6 Å². The zero-order valence-electron chi connectivity index (χ0n) is 14.2. The molecule has 2 N–H and O–H groups in total. The number of nitrogens with zero attached hydrogens (tertiary/aromatic N) is 3. The summed E-state index contributed by atoms with van der Waals surface area (Å²) in [4.78, 5) is 18.9. The van der Waals surface area contributed by atoms with E-state index < -0.39 is 12.1 Å². The maximum absolute atomic E-state index is 10.8. The Hall–Kier alpha value is -2.22. The second-order valence-electron chi connectivity index (χ2n) is 6.44. The van der Waals surface area contributed by atoms with Crippen molar-refractivity contribution in [2.75, 3.05) is 33.2 Å². The van der Waals surface area contributed by atoms with E-state index in [1.165, 1.54) is 0 Å². The molecule has 1 aliphatic heterocycles. The lowest BCUT2D eigenvalue weighted by atomic mass is 10.2. The molecule has 1 aliphatic rings. The van der Waals surface area contributed by atoms with Gasteiger partial charge in [-0.15, -0.1) is 0 Å². The minimum absolute atomic E-state index is 0.0737. The highest BCUT2D eigenvalue weighted by molar-refractivity contribution is 5.69. The number of oxazole rings is 1. The molecule has 0 aliphatic carbocycles. The summed E-state index contributed by atoms with van der Waals surface area (Å²) in [6.45, 7) is 1.80. The SMILES string of the molecule is CN(CC(=O)O)C1CN(CCc2ncc(-c3ccccc3)o2)C[C@H]1O. The molecule has 25 heavy (non-hydrogen) atoms. The summed E-state index contributed by atoms with van der Waals surface area (Å²) in [7, 11) is 1.73. The fourth-order valence-corrected chi connectivity index (χ4v) is 3.21. The molecule has 1 aromatic heterocycles. The average molecular weight is 345 g/mol. The first-order valence-corrected chi connectivity index (χ1v) is 8.35. The van der Waals surface area contributed by atoms with Gasteiger partial charge >= 0.3 is 5.97 Å². The molecule has 0 saturated carbocycles. The van der Waals surface area contributed by atoms with Gasteiger partial charge in [0.05, 0.1) is 18.8 Å². The normalized spacial score (nSPS) is 21.1. The van der Waals surface area contributed by atoms with Crippen LogP contribution in [0, 0.1) is 0 Å². The predicted molar refractivity (Wildman–Crippen MR) is 92.1 cm³/mol. The molecule has 134 valence electrons. The van der Waals surface area contributed by atoms with Gasteiger partial charge < -0.3 is 14.6 Å². The van der Waals surface area contributed by atoms with Crippen LogP contribution in [0.4, 0.5) is 0 Å². The number of carbonyl (C=O) groups is 1. The highest BCUT2D eigenvalue weighted by Gasteiger charge is 2.34. The van der Waals surface area contributed by atoms with Gasteiger partial charge in [0.25, 0.3) is 0 Å². The molecule has 7 nitrogen and oxygen atoms in total. The Kier molecular flexibility index (Phi) is 5.47. The Balaban J connectivity index is 1.53. The second-order valence-corrected chi connectivity index (χ2v) is 6.44. The Morgan fingerprint density at radius 3 is 2.84 bits per heavy atom. The molecule has 2 heterocycles. The summed E-state index contributed by atoms with van der Waals surface area (Å²) >= 11 is 0. The third-order valence-electron chi connectivity index (χ3n) is 4.54. The van der Waals surface area contributed by atoms with Crippen LogP contribution < -0.4 is 0 Å². The standard InChI is InChI=1S/C18H23N3O4/c1-20(12-18(23)24)14-10-21(11-15(14)22)8-7-17-19-9-16(25-17)13-5-3-2-4-6-13/h2-6,9,14-15,22H,7-8,10-12H2,1H3,(H,23,24)/t14?,15-/m1/s1. The van der Waals surface area contributed by atoms with E-state index in [9.17, 15) is 9.90 Å². The van der Waals surface area contributed by atoms with Crippen molar-refractivity contribution in [2.45, 2.75) is 18.6 Å². The fraction of sp³-hybridized carbons (Fsp3) is 0.444. The number of likely N-dealkylation sites (N-methyl/N-ethyl adjacent to an activating group) is 1. The molecule has 0 bridgehead atoms. The molecule has 1 saturated heterocycles. The highest BCUT2D eigenvalue weighted by Crippen LogP contribution is 2.21. The van der Waals surface area contributed by atoms with E-state index in [4.69, 9.17) is 9.52 Å². The van der Waals surface area contributed by atoms with E-state index in [0.717, 1.165) is 11.3 Å². The number of aromatic nitrogens is 1. The molecule has 1 fully saturated rings. The van der Waals surface area contributed by atoms with Crippen molar-refractivity contribution in [3.05, 3.63) is 42.4 Å². The number of likely N-dealkylation sites (tertiary alicyclic amines) is 1. The van der Waals surface area contributed by atoms with Crippen LogP contribution in [0.15, 0.2) is 40.9 Å². The first kappa shape index (κ1) is 17.6. The quantitative estimate of drug-likeness (QED) is 0.772. The van der Waals surface area contributed by atoms with E-state index in [1.807, 2.05) is 30.3 Å². The van der Waals surface area contributed by atoms with E-state index >= 15 is 0 Å². The average Bonchev–Trinajstić information content (AvgIpc) is 3.20. The van der Waals surface area contributed by atoms with E-state index in [1.54, 1.807) is 18.1 Å². The van der Waals surface area contributed by atoms with Gasteiger partial charge in [-0.1, -0.05) is 30.3 Å². The van der Waals surface area contributed by atoms with Crippen molar-refractivity contribution in [3.63, 3.8) is 0 Å². The predicted octanol–water partition coefficient (Wildman–Crippen LogP) is 0.946. The molecular weight excluding hydrogens is 322 g/mol. The number of carboxylic acids is 1. The van der Waals surface area contributed by atoms with Gasteiger partial charge in [-0.25, -0.2) is 4.98 Å².